The number of hydrogen-bond donors (Lipinski definition) is 1. The molecule has 1 aromatic rings. The van der Waals surface area contributed by atoms with E-state index in [-0.39, 0.29) is 5.60 Å². The summed E-state index contributed by atoms with van der Waals surface area (Å²) in [4.78, 5) is 1.19. The second kappa shape index (κ2) is 3.51. The molecule has 80 valence electrons. The van der Waals surface area contributed by atoms with Gasteiger partial charge >= 0.3 is 0 Å². The Morgan fingerprint density at radius 1 is 1.53 bits per heavy atom. The number of rotatable bonds is 1. The van der Waals surface area contributed by atoms with Gasteiger partial charge in [-0.2, -0.15) is 5.26 Å². The van der Waals surface area contributed by atoms with Crippen LogP contribution in [0.5, 0.6) is 0 Å². The molecule has 2 heterocycles. The molecule has 0 saturated carbocycles. The van der Waals surface area contributed by atoms with Crippen LogP contribution in [0.25, 0.3) is 0 Å². The fraction of sp³-hybridized carbons (Fsp3) is 0.545. The number of fused-ring (bicyclic) bond motifs is 1. The Labute approximate surface area is 93.7 Å². The van der Waals surface area contributed by atoms with Crippen LogP contribution in [0, 0.1) is 11.3 Å². The minimum Gasteiger partial charge on any atom is -0.379 e. The minimum atomic E-state index is -0.148. The molecule has 0 radical (unpaired) electrons. The van der Waals surface area contributed by atoms with Gasteiger partial charge in [0.1, 0.15) is 11.1 Å². The standard InChI is InChI=1S/C11H14N2OS/c1-11(2)4-7-8(5-12)10(13-3)15-9(7)6-14-11/h13H,4,6H2,1-3H3. The Bertz CT molecular complexity index is 429. The number of ether oxygens (including phenoxy) is 1. The zero-order valence-corrected chi connectivity index (χ0v) is 9.99. The van der Waals surface area contributed by atoms with Gasteiger partial charge in [0.15, 0.2) is 0 Å². The van der Waals surface area contributed by atoms with Crippen LogP contribution in [0.15, 0.2) is 0 Å². The lowest BCUT2D eigenvalue weighted by Gasteiger charge is -2.29. The van der Waals surface area contributed by atoms with E-state index in [1.54, 1.807) is 11.3 Å². The third-order valence-corrected chi connectivity index (χ3v) is 3.85. The second-order valence-corrected chi connectivity index (χ2v) is 5.40. The fourth-order valence-electron chi connectivity index (χ4n) is 1.85. The van der Waals surface area contributed by atoms with E-state index in [9.17, 15) is 0 Å². The lowest BCUT2D eigenvalue weighted by Crippen LogP contribution is -2.31. The van der Waals surface area contributed by atoms with Gasteiger partial charge in [-0.3, -0.25) is 0 Å². The summed E-state index contributed by atoms with van der Waals surface area (Å²) < 4.78 is 5.72. The zero-order chi connectivity index (χ0) is 11.1. The van der Waals surface area contributed by atoms with E-state index in [1.165, 1.54) is 10.4 Å². The van der Waals surface area contributed by atoms with Crippen LogP contribution in [0.4, 0.5) is 5.00 Å². The van der Waals surface area contributed by atoms with Crippen LogP contribution in [0.1, 0.15) is 29.9 Å². The van der Waals surface area contributed by atoms with E-state index in [4.69, 9.17) is 10.00 Å². The predicted molar refractivity (Wildman–Crippen MR) is 61.2 cm³/mol. The average Bonchev–Trinajstić information content (AvgIpc) is 2.53. The van der Waals surface area contributed by atoms with Crippen LogP contribution in [0.3, 0.4) is 0 Å². The molecule has 0 unspecified atom stereocenters. The molecule has 15 heavy (non-hydrogen) atoms. The average molecular weight is 222 g/mol. The Hall–Kier alpha value is -1.05. The van der Waals surface area contributed by atoms with Crippen LogP contribution >= 0.6 is 11.3 Å². The molecule has 0 bridgehead atoms. The number of nitrogens with zero attached hydrogens (tertiary/aromatic N) is 1. The van der Waals surface area contributed by atoms with Crippen molar-refractivity contribution in [2.45, 2.75) is 32.5 Å². The summed E-state index contributed by atoms with van der Waals surface area (Å²) in [6.45, 7) is 4.75. The minimum absolute atomic E-state index is 0.148. The van der Waals surface area contributed by atoms with Crippen molar-refractivity contribution >= 4 is 16.3 Å². The van der Waals surface area contributed by atoms with Crippen molar-refractivity contribution < 1.29 is 4.74 Å². The highest BCUT2D eigenvalue weighted by molar-refractivity contribution is 7.16. The summed E-state index contributed by atoms with van der Waals surface area (Å²) >= 11 is 1.63. The van der Waals surface area contributed by atoms with Gasteiger partial charge in [-0.1, -0.05) is 0 Å². The molecular formula is C11H14N2OS. The molecule has 2 rings (SSSR count). The summed E-state index contributed by atoms with van der Waals surface area (Å²) in [5, 5.41) is 13.2. The van der Waals surface area contributed by atoms with Crippen molar-refractivity contribution in [1.82, 2.24) is 0 Å². The summed E-state index contributed by atoms with van der Waals surface area (Å²) in [5.74, 6) is 0. The first-order chi connectivity index (χ1) is 7.07. The van der Waals surface area contributed by atoms with E-state index >= 15 is 0 Å². The summed E-state index contributed by atoms with van der Waals surface area (Å²) in [7, 11) is 1.85. The van der Waals surface area contributed by atoms with Gasteiger partial charge in [0.2, 0.25) is 0 Å². The van der Waals surface area contributed by atoms with Crippen LogP contribution in [-0.2, 0) is 17.8 Å². The maximum Gasteiger partial charge on any atom is 0.107 e. The molecule has 1 N–H and O–H groups in total. The SMILES string of the molecule is CNc1sc2c(c1C#N)CC(C)(C)OC2. The highest BCUT2D eigenvalue weighted by Gasteiger charge is 2.30. The van der Waals surface area contributed by atoms with E-state index < -0.39 is 0 Å². The van der Waals surface area contributed by atoms with Gasteiger partial charge in [-0.15, -0.1) is 11.3 Å². The maximum absolute atomic E-state index is 9.14. The van der Waals surface area contributed by atoms with Crippen molar-refractivity contribution in [2.24, 2.45) is 0 Å². The molecule has 1 aliphatic heterocycles. The molecule has 0 aliphatic carbocycles. The smallest absolute Gasteiger partial charge is 0.107 e. The van der Waals surface area contributed by atoms with Gasteiger partial charge in [-0.25, -0.2) is 0 Å². The fourth-order valence-corrected chi connectivity index (χ4v) is 2.88. The van der Waals surface area contributed by atoms with Crippen molar-refractivity contribution in [2.75, 3.05) is 12.4 Å². The third kappa shape index (κ3) is 1.73. The predicted octanol–water partition coefficient (Wildman–Crippen LogP) is 2.51. The molecule has 1 aromatic heterocycles. The molecule has 3 nitrogen and oxygen atoms in total. The summed E-state index contributed by atoms with van der Waals surface area (Å²) in [6.07, 6.45) is 0.823. The molecule has 0 amide bonds. The summed E-state index contributed by atoms with van der Waals surface area (Å²) in [5.41, 5.74) is 1.82. The second-order valence-electron chi connectivity index (χ2n) is 4.29. The van der Waals surface area contributed by atoms with E-state index in [1.807, 2.05) is 7.05 Å². The highest BCUT2D eigenvalue weighted by atomic mass is 32.1. The van der Waals surface area contributed by atoms with Gasteiger partial charge in [0.05, 0.1) is 17.8 Å². The van der Waals surface area contributed by atoms with Crippen molar-refractivity contribution in [3.05, 3.63) is 16.0 Å². The molecular weight excluding hydrogens is 208 g/mol. The van der Waals surface area contributed by atoms with Gasteiger partial charge < -0.3 is 10.1 Å². The molecule has 4 heteroatoms. The van der Waals surface area contributed by atoms with Gasteiger partial charge in [0.25, 0.3) is 0 Å². The van der Waals surface area contributed by atoms with E-state index in [0.29, 0.717) is 6.61 Å². The third-order valence-electron chi connectivity index (χ3n) is 2.63. The first kappa shape index (κ1) is 10.5. The molecule has 0 aromatic carbocycles. The summed E-state index contributed by atoms with van der Waals surface area (Å²) in [6, 6.07) is 2.28. The number of hydrogen-bond acceptors (Lipinski definition) is 4. The maximum atomic E-state index is 9.14. The number of nitriles is 1. The van der Waals surface area contributed by atoms with E-state index in [2.05, 4.69) is 25.2 Å². The number of nitrogens with one attached hydrogen (secondary N) is 1. The molecule has 0 atom stereocenters. The van der Waals surface area contributed by atoms with Crippen LogP contribution in [-0.4, -0.2) is 12.6 Å². The normalized spacial score (nSPS) is 18.0. The number of anilines is 1. The van der Waals surface area contributed by atoms with Gasteiger partial charge in [-0.05, 0) is 19.4 Å². The molecule has 0 fully saturated rings. The van der Waals surface area contributed by atoms with Crippen molar-refractivity contribution in [3.63, 3.8) is 0 Å². The van der Waals surface area contributed by atoms with E-state index in [0.717, 1.165) is 17.0 Å². The Balaban J connectivity index is 2.49. The molecule has 1 aliphatic rings. The quantitative estimate of drug-likeness (QED) is 0.794. The lowest BCUT2D eigenvalue weighted by molar-refractivity contribution is -0.0383. The topological polar surface area (TPSA) is 45.0 Å². The van der Waals surface area contributed by atoms with Crippen LogP contribution in [0.2, 0.25) is 0 Å². The molecule has 0 saturated heterocycles. The first-order valence-electron chi connectivity index (χ1n) is 4.94. The Kier molecular flexibility index (Phi) is 2.45. The van der Waals surface area contributed by atoms with Crippen molar-refractivity contribution in [3.8, 4) is 6.07 Å². The molecule has 0 spiro atoms. The lowest BCUT2D eigenvalue weighted by atomic mass is 9.93. The van der Waals surface area contributed by atoms with Crippen LogP contribution < -0.4 is 5.32 Å². The number of thiophene rings is 1. The Morgan fingerprint density at radius 3 is 2.87 bits per heavy atom. The monoisotopic (exact) mass is 222 g/mol. The zero-order valence-electron chi connectivity index (χ0n) is 9.18. The van der Waals surface area contributed by atoms with Crippen molar-refractivity contribution in [1.29, 1.82) is 5.26 Å². The highest BCUT2D eigenvalue weighted by Crippen LogP contribution is 2.39. The Morgan fingerprint density at radius 2 is 2.27 bits per heavy atom. The van der Waals surface area contributed by atoms with Gasteiger partial charge in [0, 0.05) is 18.3 Å². The largest absolute Gasteiger partial charge is 0.379 e. The first-order valence-corrected chi connectivity index (χ1v) is 5.75.